The molecular weight excluding hydrogens is 312 g/mol. The molecule has 0 unspecified atom stereocenters. The van der Waals surface area contributed by atoms with Gasteiger partial charge in [0.05, 0.1) is 5.52 Å². The predicted molar refractivity (Wildman–Crippen MR) is 78.1 cm³/mol. The van der Waals surface area contributed by atoms with Gasteiger partial charge in [0.25, 0.3) is 0 Å². The van der Waals surface area contributed by atoms with Gasteiger partial charge in [-0.05, 0) is 30.4 Å². The summed E-state index contributed by atoms with van der Waals surface area (Å²) >= 11 is 8.51. The quantitative estimate of drug-likeness (QED) is 0.579. The topological polar surface area (TPSA) is 46.5 Å². The van der Waals surface area contributed by atoms with Crippen LogP contribution in [0, 0.1) is 4.77 Å². The van der Waals surface area contributed by atoms with Crippen molar-refractivity contribution in [1.82, 2.24) is 19.7 Å². The maximum atomic E-state index is 5.04. The molecule has 0 bridgehead atoms. The number of fused-ring (bicyclic) bond motifs is 3. The molecule has 3 rings (SSSR count). The van der Waals surface area contributed by atoms with Gasteiger partial charge in [0.1, 0.15) is 5.52 Å². The van der Waals surface area contributed by atoms with Crippen molar-refractivity contribution in [3.8, 4) is 0 Å². The molecule has 0 aliphatic heterocycles. The predicted octanol–water partition coefficient (Wildman–Crippen LogP) is 3.59. The lowest BCUT2D eigenvalue weighted by Gasteiger charge is -2.01. The van der Waals surface area contributed by atoms with Crippen LogP contribution >= 0.6 is 28.1 Å². The Bertz CT molecular complexity index is 818. The molecule has 4 nitrogen and oxygen atoms in total. The van der Waals surface area contributed by atoms with Crippen LogP contribution in [-0.2, 0) is 6.54 Å². The van der Waals surface area contributed by atoms with Crippen LogP contribution in [0.15, 0.2) is 35.3 Å². The lowest BCUT2D eigenvalue weighted by molar-refractivity contribution is 0.870. The largest absolute Gasteiger partial charge is 0.320 e. The first-order chi connectivity index (χ1) is 8.70. The Hall–Kier alpha value is -1.53. The molecule has 2 heterocycles. The number of aromatic amines is 1. The highest BCUT2D eigenvalue weighted by molar-refractivity contribution is 9.10. The molecule has 0 saturated heterocycles. The number of aromatic nitrogens is 4. The number of allylic oxidation sites excluding steroid dienone is 1. The van der Waals surface area contributed by atoms with Gasteiger partial charge in [-0.25, -0.2) is 0 Å². The maximum Gasteiger partial charge on any atom is 0.215 e. The maximum absolute atomic E-state index is 5.04. The number of rotatable bonds is 2. The van der Waals surface area contributed by atoms with Gasteiger partial charge in [-0.3, -0.25) is 5.10 Å². The van der Waals surface area contributed by atoms with Crippen molar-refractivity contribution in [3.05, 3.63) is 40.1 Å². The fourth-order valence-corrected chi connectivity index (χ4v) is 2.55. The third-order valence-corrected chi connectivity index (χ3v) is 3.43. The summed E-state index contributed by atoms with van der Waals surface area (Å²) in [6, 6.07) is 6.07. The van der Waals surface area contributed by atoms with E-state index in [0.717, 1.165) is 26.5 Å². The highest BCUT2D eigenvalue weighted by Crippen LogP contribution is 2.28. The molecule has 0 fully saturated rings. The van der Waals surface area contributed by atoms with Gasteiger partial charge in [-0.1, -0.05) is 22.0 Å². The van der Waals surface area contributed by atoms with E-state index in [9.17, 15) is 0 Å². The van der Waals surface area contributed by atoms with Crippen molar-refractivity contribution >= 4 is 50.2 Å². The normalized spacial score (nSPS) is 11.2. The minimum absolute atomic E-state index is 0.384. The molecule has 1 N–H and O–H groups in total. The molecule has 1 aromatic carbocycles. The summed E-state index contributed by atoms with van der Waals surface area (Å²) in [5.74, 6) is 0. The fraction of sp³-hybridized carbons (Fsp3) is 0.0833. The Morgan fingerprint density at radius 1 is 1.50 bits per heavy atom. The third-order valence-electron chi connectivity index (χ3n) is 2.75. The highest BCUT2D eigenvalue weighted by atomic mass is 79.9. The summed E-state index contributed by atoms with van der Waals surface area (Å²) in [7, 11) is 0. The van der Waals surface area contributed by atoms with E-state index in [2.05, 4.69) is 42.3 Å². The van der Waals surface area contributed by atoms with Crippen molar-refractivity contribution in [3.63, 3.8) is 0 Å². The Balaban J connectivity index is 2.55. The minimum Gasteiger partial charge on any atom is -0.320 e. The SMILES string of the molecule is C=CCn1c2ccc(Br)cc2c2n[nH]c(=S)nc21. The summed E-state index contributed by atoms with van der Waals surface area (Å²) in [5.41, 5.74) is 2.68. The van der Waals surface area contributed by atoms with Gasteiger partial charge in [0.2, 0.25) is 4.77 Å². The smallest absolute Gasteiger partial charge is 0.215 e. The van der Waals surface area contributed by atoms with E-state index in [1.165, 1.54) is 0 Å². The van der Waals surface area contributed by atoms with Crippen LogP contribution in [-0.4, -0.2) is 19.7 Å². The monoisotopic (exact) mass is 320 g/mol. The fourth-order valence-electron chi connectivity index (χ4n) is 2.06. The zero-order valence-electron chi connectivity index (χ0n) is 9.35. The zero-order valence-corrected chi connectivity index (χ0v) is 11.8. The van der Waals surface area contributed by atoms with Crippen LogP contribution in [0.5, 0.6) is 0 Å². The van der Waals surface area contributed by atoms with Gasteiger partial charge in [-0.15, -0.1) is 6.58 Å². The van der Waals surface area contributed by atoms with Crippen LogP contribution < -0.4 is 0 Å². The molecular formula is C12H9BrN4S. The van der Waals surface area contributed by atoms with Crippen molar-refractivity contribution in [2.75, 3.05) is 0 Å². The Morgan fingerprint density at radius 2 is 2.33 bits per heavy atom. The second-order valence-electron chi connectivity index (χ2n) is 3.87. The molecule has 0 aliphatic rings. The molecule has 2 aromatic heterocycles. The van der Waals surface area contributed by atoms with E-state index < -0.39 is 0 Å². The molecule has 0 spiro atoms. The van der Waals surface area contributed by atoms with Crippen molar-refractivity contribution in [2.45, 2.75) is 6.54 Å². The Labute approximate surface area is 116 Å². The molecule has 18 heavy (non-hydrogen) atoms. The van der Waals surface area contributed by atoms with E-state index >= 15 is 0 Å². The summed E-state index contributed by atoms with van der Waals surface area (Å²) in [6.45, 7) is 4.45. The second kappa shape index (κ2) is 4.29. The number of nitrogens with zero attached hydrogens (tertiary/aromatic N) is 3. The number of halogens is 1. The van der Waals surface area contributed by atoms with E-state index in [-0.39, 0.29) is 0 Å². The number of hydrogen-bond acceptors (Lipinski definition) is 3. The first-order valence-electron chi connectivity index (χ1n) is 5.36. The van der Waals surface area contributed by atoms with E-state index in [0.29, 0.717) is 11.3 Å². The van der Waals surface area contributed by atoms with E-state index in [1.807, 2.05) is 24.3 Å². The van der Waals surface area contributed by atoms with Gasteiger partial charge in [-0.2, -0.15) is 10.1 Å². The van der Waals surface area contributed by atoms with E-state index in [4.69, 9.17) is 12.2 Å². The number of benzene rings is 1. The van der Waals surface area contributed by atoms with Crippen LogP contribution in [0.2, 0.25) is 0 Å². The van der Waals surface area contributed by atoms with Gasteiger partial charge >= 0.3 is 0 Å². The van der Waals surface area contributed by atoms with Crippen LogP contribution in [0.1, 0.15) is 0 Å². The summed E-state index contributed by atoms with van der Waals surface area (Å²) in [4.78, 5) is 4.36. The first kappa shape index (κ1) is 11.6. The molecule has 6 heteroatoms. The van der Waals surface area contributed by atoms with Gasteiger partial charge in [0.15, 0.2) is 5.65 Å². The summed E-state index contributed by atoms with van der Waals surface area (Å²) in [6.07, 6.45) is 1.84. The lowest BCUT2D eigenvalue weighted by atomic mass is 10.2. The van der Waals surface area contributed by atoms with Gasteiger partial charge < -0.3 is 4.57 Å². The number of hydrogen-bond donors (Lipinski definition) is 1. The molecule has 0 atom stereocenters. The van der Waals surface area contributed by atoms with Gasteiger partial charge in [0, 0.05) is 16.4 Å². The van der Waals surface area contributed by atoms with Crippen LogP contribution in [0.3, 0.4) is 0 Å². The minimum atomic E-state index is 0.384. The zero-order chi connectivity index (χ0) is 12.7. The second-order valence-corrected chi connectivity index (χ2v) is 5.18. The van der Waals surface area contributed by atoms with Crippen LogP contribution in [0.25, 0.3) is 22.1 Å². The number of nitrogens with one attached hydrogen (secondary N) is 1. The Morgan fingerprint density at radius 3 is 3.11 bits per heavy atom. The van der Waals surface area contributed by atoms with Crippen LogP contribution in [0.4, 0.5) is 0 Å². The molecule has 0 saturated carbocycles. The van der Waals surface area contributed by atoms with Crippen molar-refractivity contribution < 1.29 is 0 Å². The molecule has 0 aliphatic carbocycles. The van der Waals surface area contributed by atoms with Crippen molar-refractivity contribution in [2.24, 2.45) is 0 Å². The third kappa shape index (κ3) is 1.69. The summed E-state index contributed by atoms with van der Waals surface area (Å²) < 4.78 is 3.45. The first-order valence-corrected chi connectivity index (χ1v) is 6.56. The van der Waals surface area contributed by atoms with Crippen molar-refractivity contribution in [1.29, 1.82) is 0 Å². The molecule has 3 aromatic rings. The standard InChI is InChI=1S/C12H9BrN4S/c1-2-5-17-9-4-3-7(13)6-8(9)10-11(17)14-12(18)16-15-10/h2-4,6H,1,5H2,(H,14,16,18). The Kier molecular flexibility index (Phi) is 2.76. The van der Waals surface area contributed by atoms with E-state index in [1.54, 1.807) is 0 Å². The lowest BCUT2D eigenvalue weighted by Crippen LogP contribution is -1.97. The average molecular weight is 321 g/mol. The molecule has 0 radical (unpaired) electrons. The average Bonchev–Trinajstić information content (AvgIpc) is 2.63. The summed E-state index contributed by atoms with van der Waals surface area (Å²) in [5, 5.41) is 8.07. The molecule has 0 amide bonds. The highest BCUT2D eigenvalue weighted by Gasteiger charge is 2.12. The molecule has 90 valence electrons. The number of H-pyrrole nitrogens is 1.